The lowest BCUT2D eigenvalue weighted by Crippen LogP contribution is -2.13. The molecule has 26 heavy (non-hydrogen) atoms. The third-order valence-electron chi connectivity index (χ3n) is 3.96. The number of aryl methyl sites for hydroxylation is 1. The lowest BCUT2D eigenvalue weighted by molar-refractivity contribution is 0.102. The highest BCUT2D eigenvalue weighted by molar-refractivity contribution is 6.31. The van der Waals surface area contributed by atoms with Crippen LogP contribution in [0.3, 0.4) is 0 Å². The van der Waals surface area contributed by atoms with Gasteiger partial charge in [-0.1, -0.05) is 23.7 Å². The molecule has 0 saturated heterocycles. The van der Waals surface area contributed by atoms with Crippen molar-refractivity contribution in [2.45, 2.75) is 13.8 Å². The van der Waals surface area contributed by atoms with Crippen LogP contribution in [0.1, 0.15) is 22.8 Å². The average Bonchev–Trinajstić information content (AvgIpc) is 2.64. The second-order valence-electron chi connectivity index (χ2n) is 5.80. The minimum Gasteiger partial charge on any atom is -0.493 e. The molecule has 132 valence electrons. The summed E-state index contributed by atoms with van der Waals surface area (Å²) in [7, 11) is 0. The molecular formula is C21H19ClN2O2. The molecule has 0 atom stereocenters. The number of rotatable bonds is 5. The molecule has 2 aromatic carbocycles. The topological polar surface area (TPSA) is 51.2 Å². The second-order valence-corrected chi connectivity index (χ2v) is 6.23. The van der Waals surface area contributed by atoms with Crippen LogP contribution in [-0.4, -0.2) is 17.5 Å². The number of carbonyl (C=O) groups is 1. The molecule has 0 bridgehead atoms. The Hall–Kier alpha value is -2.85. The van der Waals surface area contributed by atoms with Crippen LogP contribution in [-0.2, 0) is 0 Å². The fraction of sp³-hybridized carbons (Fsp3) is 0.143. The van der Waals surface area contributed by atoms with Crippen LogP contribution in [0.2, 0.25) is 5.02 Å². The normalized spacial score (nSPS) is 10.4. The number of benzene rings is 2. The predicted molar refractivity (Wildman–Crippen MR) is 105 cm³/mol. The van der Waals surface area contributed by atoms with E-state index in [9.17, 15) is 4.79 Å². The fourth-order valence-electron chi connectivity index (χ4n) is 2.67. The molecule has 4 nitrogen and oxygen atoms in total. The second kappa shape index (κ2) is 8.02. The van der Waals surface area contributed by atoms with E-state index in [0.29, 0.717) is 17.2 Å². The van der Waals surface area contributed by atoms with E-state index in [0.717, 1.165) is 28.1 Å². The van der Waals surface area contributed by atoms with Gasteiger partial charge in [0.1, 0.15) is 5.75 Å². The highest BCUT2D eigenvalue weighted by Gasteiger charge is 2.10. The monoisotopic (exact) mass is 366 g/mol. The van der Waals surface area contributed by atoms with Crippen LogP contribution in [0.5, 0.6) is 5.75 Å². The standard InChI is InChI=1S/C21H19ClN2O2/c1-3-26-20-9-6-16(22)12-19(20)15-4-7-17(8-5-15)24-21(25)18-10-11-23-13-14(18)2/h4-13H,3H2,1-2H3,(H,24,25). The van der Waals surface area contributed by atoms with Crippen LogP contribution in [0.15, 0.2) is 60.9 Å². The summed E-state index contributed by atoms with van der Waals surface area (Å²) in [5, 5.41) is 3.55. The quantitative estimate of drug-likeness (QED) is 0.661. The van der Waals surface area contributed by atoms with E-state index in [1.807, 2.05) is 56.3 Å². The number of nitrogens with zero attached hydrogens (tertiary/aromatic N) is 1. The van der Waals surface area contributed by atoms with Crippen molar-refractivity contribution < 1.29 is 9.53 Å². The first kappa shape index (κ1) is 18.0. The molecule has 5 heteroatoms. The third kappa shape index (κ3) is 4.03. The van der Waals surface area contributed by atoms with Crippen molar-refractivity contribution in [1.29, 1.82) is 0 Å². The summed E-state index contributed by atoms with van der Waals surface area (Å²) in [4.78, 5) is 16.4. The summed E-state index contributed by atoms with van der Waals surface area (Å²) in [5.41, 5.74) is 4.05. The number of halogens is 1. The first-order chi connectivity index (χ1) is 12.6. The van der Waals surface area contributed by atoms with Gasteiger partial charge < -0.3 is 10.1 Å². The van der Waals surface area contributed by atoms with Gasteiger partial charge in [0, 0.05) is 34.2 Å². The van der Waals surface area contributed by atoms with E-state index in [1.54, 1.807) is 18.5 Å². The Morgan fingerprint density at radius 3 is 2.62 bits per heavy atom. The molecule has 1 aromatic heterocycles. The number of hydrogen-bond acceptors (Lipinski definition) is 3. The van der Waals surface area contributed by atoms with E-state index in [-0.39, 0.29) is 5.91 Å². The molecule has 1 N–H and O–H groups in total. The van der Waals surface area contributed by atoms with Gasteiger partial charge in [0.05, 0.1) is 6.61 Å². The minimum absolute atomic E-state index is 0.157. The van der Waals surface area contributed by atoms with E-state index < -0.39 is 0 Å². The number of pyridine rings is 1. The summed E-state index contributed by atoms with van der Waals surface area (Å²) in [6.07, 6.45) is 3.28. The molecule has 0 radical (unpaired) electrons. The summed E-state index contributed by atoms with van der Waals surface area (Å²) in [5.74, 6) is 0.622. The first-order valence-corrected chi connectivity index (χ1v) is 8.71. The van der Waals surface area contributed by atoms with E-state index in [1.165, 1.54) is 0 Å². The summed E-state index contributed by atoms with van der Waals surface area (Å²) >= 11 is 6.13. The molecule has 0 unspecified atom stereocenters. The zero-order chi connectivity index (χ0) is 18.5. The summed E-state index contributed by atoms with van der Waals surface area (Å²) in [6.45, 7) is 4.38. The highest BCUT2D eigenvalue weighted by Crippen LogP contribution is 2.33. The summed E-state index contributed by atoms with van der Waals surface area (Å²) < 4.78 is 5.68. The van der Waals surface area contributed by atoms with Crippen molar-refractivity contribution in [2.75, 3.05) is 11.9 Å². The van der Waals surface area contributed by atoms with Gasteiger partial charge in [-0.05, 0) is 61.4 Å². The van der Waals surface area contributed by atoms with Crippen molar-refractivity contribution >= 4 is 23.2 Å². The number of carbonyl (C=O) groups excluding carboxylic acids is 1. The fourth-order valence-corrected chi connectivity index (χ4v) is 2.84. The Morgan fingerprint density at radius 1 is 1.15 bits per heavy atom. The first-order valence-electron chi connectivity index (χ1n) is 8.33. The molecule has 0 aliphatic heterocycles. The Balaban J connectivity index is 1.82. The number of nitrogens with one attached hydrogen (secondary N) is 1. The van der Waals surface area contributed by atoms with E-state index in [4.69, 9.17) is 16.3 Å². The Bertz CT molecular complexity index is 924. The molecule has 3 aromatic rings. The van der Waals surface area contributed by atoms with Gasteiger partial charge >= 0.3 is 0 Å². The number of hydrogen-bond donors (Lipinski definition) is 1. The number of aromatic nitrogens is 1. The lowest BCUT2D eigenvalue weighted by atomic mass is 10.0. The Kier molecular flexibility index (Phi) is 5.54. The van der Waals surface area contributed by atoms with Crippen LogP contribution < -0.4 is 10.1 Å². The molecule has 0 spiro atoms. The molecule has 3 rings (SSSR count). The number of amides is 1. The zero-order valence-corrected chi connectivity index (χ0v) is 15.4. The maximum absolute atomic E-state index is 12.4. The Labute approximate surface area is 157 Å². The molecule has 1 amide bonds. The molecule has 0 aliphatic carbocycles. The maximum Gasteiger partial charge on any atom is 0.256 e. The molecule has 1 heterocycles. The van der Waals surface area contributed by atoms with E-state index >= 15 is 0 Å². The van der Waals surface area contributed by atoms with Gasteiger partial charge in [0.25, 0.3) is 5.91 Å². The van der Waals surface area contributed by atoms with Crippen LogP contribution in [0.25, 0.3) is 11.1 Å². The molecule has 0 saturated carbocycles. The minimum atomic E-state index is -0.157. The number of anilines is 1. The molecular weight excluding hydrogens is 348 g/mol. The van der Waals surface area contributed by atoms with Crippen LogP contribution in [0, 0.1) is 6.92 Å². The lowest BCUT2D eigenvalue weighted by Gasteiger charge is -2.12. The smallest absolute Gasteiger partial charge is 0.256 e. The van der Waals surface area contributed by atoms with Gasteiger partial charge in [0.2, 0.25) is 0 Å². The van der Waals surface area contributed by atoms with E-state index in [2.05, 4.69) is 10.3 Å². The van der Waals surface area contributed by atoms with Gasteiger partial charge in [-0.25, -0.2) is 0 Å². The maximum atomic E-state index is 12.4. The van der Waals surface area contributed by atoms with Gasteiger partial charge in [0.15, 0.2) is 0 Å². The number of ether oxygens (including phenoxy) is 1. The van der Waals surface area contributed by atoms with Crippen molar-refractivity contribution in [3.05, 3.63) is 77.1 Å². The van der Waals surface area contributed by atoms with Crippen molar-refractivity contribution in [2.24, 2.45) is 0 Å². The van der Waals surface area contributed by atoms with Gasteiger partial charge in [-0.15, -0.1) is 0 Å². The largest absolute Gasteiger partial charge is 0.493 e. The van der Waals surface area contributed by atoms with Crippen LogP contribution >= 0.6 is 11.6 Å². The predicted octanol–water partition coefficient (Wildman–Crippen LogP) is 5.36. The zero-order valence-electron chi connectivity index (χ0n) is 14.6. The SMILES string of the molecule is CCOc1ccc(Cl)cc1-c1ccc(NC(=O)c2ccncc2C)cc1. The average molecular weight is 367 g/mol. The Morgan fingerprint density at radius 2 is 1.92 bits per heavy atom. The van der Waals surface area contributed by atoms with Crippen molar-refractivity contribution in [3.63, 3.8) is 0 Å². The molecule has 0 aliphatic rings. The highest BCUT2D eigenvalue weighted by atomic mass is 35.5. The van der Waals surface area contributed by atoms with Crippen molar-refractivity contribution in [3.8, 4) is 16.9 Å². The van der Waals surface area contributed by atoms with Gasteiger partial charge in [-0.2, -0.15) is 0 Å². The van der Waals surface area contributed by atoms with Gasteiger partial charge in [-0.3, -0.25) is 9.78 Å². The van der Waals surface area contributed by atoms with Crippen molar-refractivity contribution in [1.82, 2.24) is 4.98 Å². The molecule has 0 fully saturated rings. The summed E-state index contributed by atoms with van der Waals surface area (Å²) in [6, 6.07) is 14.8. The van der Waals surface area contributed by atoms with Crippen LogP contribution in [0.4, 0.5) is 5.69 Å². The third-order valence-corrected chi connectivity index (χ3v) is 4.20.